The molecule has 2 rings (SSSR count). The summed E-state index contributed by atoms with van der Waals surface area (Å²) in [6.07, 6.45) is -0.0422. The van der Waals surface area contributed by atoms with E-state index in [1.54, 1.807) is 20.8 Å². The van der Waals surface area contributed by atoms with Gasteiger partial charge in [-0.25, -0.2) is 4.79 Å². The largest absolute Gasteiger partial charge is 0.480 e. The number of aliphatic carboxylic acids is 1. The minimum atomic E-state index is -1.17. The number of rotatable bonds is 9. The first-order chi connectivity index (χ1) is 15.9. The van der Waals surface area contributed by atoms with Crippen molar-refractivity contribution in [2.75, 3.05) is 33.2 Å². The zero-order valence-electron chi connectivity index (χ0n) is 20.3. The van der Waals surface area contributed by atoms with Gasteiger partial charge in [0.2, 0.25) is 5.91 Å². The van der Waals surface area contributed by atoms with E-state index >= 15 is 0 Å². The highest BCUT2D eigenvalue weighted by Crippen LogP contribution is 2.32. The van der Waals surface area contributed by atoms with Crippen LogP contribution in [0, 0.1) is 0 Å². The molecule has 188 valence electrons. The van der Waals surface area contributed by atoms with E-state index in [-0.39, 0.29) is 13.0 Å². The molecule has 0 saturated carbocycles. The lowest BCUT2D eigenvalue weighted by Crippen LogP contribution is -2.60. The van der Waals surface area contributed by atoms with Crippen LogP contribution in [0.1, 0.15) is 45.6 Å². The van der Waals surface area contributed by atoms with Crippen LogP contribution in [-0.4, -0.2) is 83.2 Å². The first-order valence-electron chi connectivity index (χ1n) is 11.3. The third-order valence-corrected chi connectivity index (χ3v) is 5.52. The molecule has 1 aromatic rings. The molecular formula is C24H35N3O7. The summed E-state index contributed by atoms with van der Waals surface area (Å²) < 4.78 is 11.1. The van der Waals surface area contributed by atoms with Gasteiger partial charge in [-0.3, -0.25) is 19.3 Å². The summed E-state index contributed by atoms with van der Waals surface area (Å²) in [6, 6.07) is 9.11. The van der Waals surface area contributed by atoms with Crippen LogP contribution in [0.25, 0.3) is 0 Å². The Bertz CT molecular complexity index is 861. The smallest absolute Gasteiger partial charge is 0.411 e. The predicted molar refractivity (Wildman–Crippen MR) is 124 cm³/mol. The molecule has 2 N–H and O–H groups in total. The second kappa shape index (κ2) is 11.8. The summed E-state index contributed by atoms with van der Waals surface area (Å²) in [7, 11) is 1.35. The summed E-state index contributed by atoms with van der Waals surface area (Å²) in [5.74, 6) is -2.22. The van der Waals surface area contributed by atoms with E-state index in [0.717, 1.165) is 10.5 Å². The molecule has 1 fully saturated rings. The Balaban J connectivity index is 2.31. The van der Waals surface area contributed by atoms with Crippen LogP contribution in [0.3, 0.4) is 0 Å². The molecule has 0 aliphatic carbocycles. The lowest BCUT2D eigenvalue weighted by atomic mass is 9.83. The molecule has 0 unspecified atom stereocenters. The molecule has 1 saturated heterocycles. The zero-order valence-corrected chi connectivity index (χ0v) is 20.3. The van der Waals surface area contributed by atoms with Crippen molar-refractivity contribution >= 4 is 23.9 Å². The number of carbonyl (C=O) groups is 4. The Kier molecular flexibility index (Phi) is 9.43. The number of nitrogens with one attached hydrogen (secondary N) is 1. The number of carboxylic acid groups (broad SMARTS) is 1. The Morgan fingerprint density at radius 2 is 1.68 bits per heavy atom. The second-order valence-corrected chi connectivity index (χ2v) is 9.51. The molecule has 1 aromatic carbocycles. The van der Waals surface area contributed by atoms with Gasteiger partial charge in [-0.2, -0.15) is 0 Å². The number of amides is 2. The quantitative estimate of drug-likeness (QED) is 0.518. The van der Waals surface area contributed by atoms with Crippen LogP contribution in [-0.2, 0) is 30.5 Å². The Hall–Kier alpha value is -3.14. The zero-order chi connectivity index (χ0) is 25.4. The highest BCUT2D eigenvalue weighted by Gasteiger charge is 2.45. The second-order valence-electron chi connectivity index (χ2n) is 9.51. The summed E-state index contributed by atoms with van der Waals surface area (Å²) in [6.45, 7) is 5.42. The highest BCUT2D eigenvalue weighted by molar-refractivity contribution is 5.86. The maximum Gasteiger partial charge on any atom is 0.411 e. The van der Waals surface area contributed by atoms with Gasteiger partial charge in [0.05, 0.1) is 12.0 Å². The third kappa shape index (κ3) is 8.33. The molecule has 0 radical (unpaired) electrons. The molecule has 34 heavy (non-hydrogen) atoms. The van der Waals surface area contributed by atoms with Crippen molar-refractivity contribution in [2.45, 2.75) is 57.8 Å². The van der Waals surface area contributed by atoms with Gasteiger partial charge >= 0.3 is 18.0 Å². The highest BCUT2D eigenvalue weighted by atomic mass is 16.6. The van der Waals surface area contributed by atoms with Gasteiger partial charge in [0.25, 0.3) is 0 Å². The number of likely N-dealkylation sites (N-methyl/N-ethyl adjacent to an activating group) is 1. The van der Waals surface area contributed by atoms with Crippen molar-refractivity contribution in [1.29, 1.82) is 0 Å². The molecule has 10 heteroatoms. The molecule has 10 nitrogen and oxygen atoms in total. The summed E-state index contributed by atoms with van der Waals surface area (Å²) in [4.78, 5) is 52.3. The molecule has 0 bridgehead atoms. The number of esters is 1. The maximum atomic E-state index is 13.3. The minimum absolute atomic E-state index is 0.00387. The standard InChI is InChI=1S/C24H35N3O7/c1-23(2,3)34-21(31)14-24(10-12-25-13-11-24)27(15-19(28)26(4)16-20(29)30)22(32)33-17-18-8-6-5-7-9-18/h5-9,25H,10-17H2,1-4H3,(H,29,30). The third-order valence-electron chi connectivity index (χ3n) is 5.52. The first-order valence-corrected chi connectivity index (χ1v) is 11.3. The van der Waals surface area contributed by atoms with Crippen LogP contribution in [0.15, 0.2) is 30.3 Å². The number of ether oxygens (including phenoxy) is 2. The number of hydrogen-bond donors (Lipinski definition) is 2. The van der Waals surface area contributed by atoms with Crippen molar-refractivity contribution in [3.63, 3.8) is 0 Å². The molecular weight excluding hydrogens is 442 g/mol. The Morgan fingerprint density at radius 1 is 1.06 bits per heavy atom. The van der Waals surface area contributed by atoms with Crippen molar-refractivity contribution in [2.24, 2.45) is 0 Å². The van der Waals surface area contributed by atoms with E-state index in [1.165, 1.54) is 11.9 Å². The van der Waals surface area contributed by atoms with Gasteiger partial charge in [-0.1, -0.05) is 30.3 Å². The van der Waals surface area contributed by atoms with Crippen molar-refractivity contribution in [3.8, 4) is 0 Å². The van der Waals surface area contributed by atoms with E-state index in [0.29, 0.717) is 25.9 Å². The first kappa shape index (κ1) is 27.1. The summed E-state index contributed by atoms with van der Waals surface area (Å²) >= 11 is 0. The molecule has 0 aromatic heterocycles. The minimum Gasteiger partial charge on any atom is -0.480 e. The Labute approximate surface area is 200 Å². The van der Waals surface area contributed by atoms with Gasteiger partial charge in [-0.05, 0) is 52.3 Å². The molecule has 1 heterocycles. The van der Waals surface area contributed by atoms with E-state index in [9.17, 15) is 19.2 Å². The van der Waals surface area contributed by atoms with Crippen LogP contribution in [0.2, 0.25) is 0 Å². The molecule has 1 aliphatic heterocycles. The van der Waals surface area contributed by atoms with Crippen LogP contribution in [0.5, 0.6) is 0 Å². The number of carbonyl (C=O) groups excluding carboxylic acids is 3. The average molecular weight is 478 g/mol. The molecule has 0 spiro atoms. The topological polar surface area (TPSA) is 125 Å². The average Bonchev–Trinajstić information content (AvgIpc) is 2.75. The van der Waals surface area contributed by atoms with E-state index < -0.39 is 48.2 Å². The summed E-state index contributed by atoms with van der Waals surface area (Å²) in [5, 5.41) is 12.3. The normalized spacial score (nSPS) is 15.2. The molecule has 1 aliphatic rings. The van der Waals surface area contributed by atoms with Gasteiger partial charge in [0, 0.05) is 7.05 Å². The SMILES string of the molecule is CN(CC(=O)O)C(=O)CN(C(=O)OCc1ccccc1)C1(CC(=O)OC(C)(C)C)CCNCC1. The van der Waals surface area contributed by atoms with Crippen molar-refractivity contribution in [1.82, 2.24) is 15.1 Å². The van der Waals surface area contributed by atoms with Crippen LogP contribution < -0.4 is 5.32 Å². The number of hydrogen-bond acceptors (Lipinski definition) is 7. The van der Waals surface area contributed by atoms with E-state index in [1.807, 2.05) is 30.3 Å². The van der Waals surface area contributed by atoms with Gasteiger partial charge in [0.1, 0.15) is 25.3 Å². The maximum absolute atomic E-state index is 13.3. The van der Waals surface area contributed by atoms with E-state index in [4.69, 9.17) is 14.6 Å². The fourth-order valence-electron chi connectivity index (χ4n) is 3.85. The number of nitrogens with zero attached hydrogens (tertiary/aromatic N) is 2. The van der Waals surface area contributed by atoms with Crippen molar-refractivity contribution < 1.29 is 33.8 Å². The van der Waals surface area contributed by atoms with Gasteiger partial charge in [0.15, 0.2) is 0 Å². The lowest BCUT2D eigenvalue weighted by Gasteiger charge is -2.45. The molecule has 0 atom stereocenters. The number of benzene rings is 1. The molecule has 2 amide bonds. The Morgan fingerprint density at radius 3 is 2.24 bits per heavy atom. The van der Waals surface area contributed by atoms with E-state index in [2.05, 4.69) is 5.32 Å². The summed E-state index contributed by atoms with van der Waals surface area (Å²) in [5.41, 5.74) is -0.945. The van der Waals surface area contributed by atoms with Crippen LogP contribution in [0.4, 0.5) is 4.79 Å². The van der Waals surface area contributed by atoms with Crippen molar-refractivity contribution in [3.05, 3.63) is 35.9 Å². The van der Waals surface area contributed by atoms with Gasteiger partial charge < -0.3 is 24.8 Å². The number of carboxylic acids is 1. The fourth-order valence-corrected chi connectivity index (χ4v) is 3.85. The lowest BCUT2D eigenvalue weighted by molar-refractivity contribution is -0.159. The van der Waals surface area contributed by atoms with Crippen LogP contribution >= 0.6 is 0 Å². The monoisotopic (exact) mass is 477 g/mol. The number of piperidine rings is 1. The van der Waals surface area contributed by atoms with Gasteiger partial charge in [-0.15, -0.1) is 0 Å². The fraction of sp³-hybridized carbons (Fsp3) is 0.583. The predicted octanol–water partition coefficient (Wildman–Crippen LogP) is 2.02.